The second-order valence-corrected chi connectivity index (χ2v) is 11.2. The summed E-state index contributed by atoms with van der Waals surface area (Å²) in [6, 6.07) is 0. The highest BCUT2D eigenvalue weighted by atomic mass is 16.8. The van der Waals surface area contributed by atoms with E-state index >= 15 is 0 Å². The maximum absolute atomic E-state index is 13.1. The third-order valence-electron chi connectivity index (χ3n) is 8.02. The Morgan fingerprint density at radius 2 is 1.38 bits per heavy atom. The molecule has 12 heteroatoms. The highest BCUT2D eigenvalue weighted by Crippen LogP contribution is 2.39. The van der Waals surface area contributed by atoms with Gasteiger partial charge in [-0.1, -0.05) is 63.3 Å². The summed E-state index contributed by atoms with van der Waals surface area (Å²) in [5, 5.41) is 82.2. The summed E-state index contributed by atoms with van der Waals surface area (Å²) in [6.45, 7) is -0.451. The molecular weight excluding hydrogens is 552 g/mol. The van der Waals surface area contributed by atoms with Crippen LogP contribution in [0.1, 0.15) is 84.0 Å². The van der Waals surface area contributed by atoms with Crippen molar-refractivity contribution in [2.75, 3.05) is 19.8 Å². The maximum atomic E-state index is 13.1. The summed E-state index contributed by atoms with van der Waals surface area (Å²) in [5.74, 6) is -3.27. The van der Waals surface area contributed by atoms with Gasteiger partial charge < -0.3 is 55.1 Å². The van der Waals surface area contributed by atoms with Gasteiger partial charge in [0.2, 0.25) is 5.79 Å². The van der Waals surface area contributed by atoms with Gasteiger partial charge in [-0.05, 0) is 38.5 Å². The van der Waals surface area contributed by atoms with E-state index in [2.05, 4.69) is 31.2 Å². The number of unbranched alkanes of at least 4 members (excludes halogenated alkanes) is 8. The van der Waals surface area contributed by atoms with Crippen molar-refractivity contribution < 1.29 is 59.9 Å². The first-order valence-electron chi connectivity index (χ1n) is 15.2. The molecule has 2 aliphatic heterocycles. The Morgan fingerprint density at radius 1 is 0.786 bits per heavy atom. The molecule has 12 nitrogen and oxygen atoms in total. The van der Waals surface area contributed by atoms with Crippen LogP contribution >= 0.6 is 0 Å². The van der Waals surface area contributed by atoms with Gasteiger partial charge in [0, 0.05) is 6.42 Å². The topological polar surface area (TPSA) is 207 Å². The quantitative estimate of drug-likeness (QED) is 0.0700. The molecule has 0 saturated carbocycles. The van der Waals surface area contributed by atoms with E-state index in [1.165, 1.54) is 19.3 Å². The van der Waals surface area contributed by atoms with Crippen molar-refractivity contribution in [3.8, 4) is 0 Å². The molecule has 2 aliphatic rings. The van der Waals surface area contributed by atoms with E-state index in [1.54, 1.807) is 0 Å². The number of allylic oxidation sites excluding steroid dienone is 4. The highest BCUT2D eigenvalue weighted by molar-refractivity contribution is 5.88. The first kappa shape index (κ1) is 36.9. The lowest BCUT2D eigenvalue weighted by atomic mass is 9.79. The number of carbonyl (C=O) groups is 1. The first-order chi connectivity index (χ1) is 20.1. The van der Waals surface area contributed by atoms with Crippen molar-refractivity contribution >= 4 is 5.78 Å². The van der Waals surface area contributed by atoms with Crippen LogP contribution in [-0.4, -0.2) is 121 Å². The molecule has 0 aliphatic carbocycles. The average Bonchev–Trinajstić information content (AvgIpc) is 3.24. The van der Waals surface area contributed by atoms with Gasteiger partial charge in [-0.3, -0.25) is 4.79 Å². The van der Waals surface area contributed by atoms with Crippen LogP contribution in [0.4, 0.5) is 0 Å². The van der Waals surface area contributed by atoms with Crippen LogP contribution in [0.3, 0.4) is 0 Å². The Morgan fingerprint density at radius 3 is 1.95 bits per heavy atom. The van der Waals surface area contributed by atoms with Crippen molar-refractivity contribution in [1.82, 2.24) is 0 Å². The fraction of sp³-hybridized carbons (Fsp3) is 0.833. The minimum absolute atomic E-state index is 0.171. The molecule has 2 rings (SSSR count). The summed E-state index contributed by atoms with van der Waals surface area (Å²) in [5.41, 5.74) is -2.79. The monoisotopic (exact) mass is 604 g/mol. The number of carbonyl (C=O) groups excluding carboxylic acids is 1. The van der Waals surface area contributed by atoms with Crippen LogP contribution in [0.25, 0.3) is 0 Å². The molecule has 8 N–H and O–H groups in total. The molecule has 9 atom stereocenters. The van der Waals surface area contributed by atoms with Gasteiger partial charge >= 0.3 is 0 Å². The zero-order chi connectivity index (χ0) is 31.2. The van der Waals surface area contributed by atoms with E-state index in [0.29, 0.717) is 12.8 Å². The van der Waals surface area contributed by atoms with E-state index in [0.717, 1.165) is 38.5 Å². The molecule has 1 unspecified atom stereocenters. The van der Waals surface area contributed by atoms with Gasteiger partial charge in [0.05, 0.1) is 13.2 Å². The fourth-order valence-electron chi connectivity index (χ4n) is 5.32. The second-order valence-electron chi connectivity index (χ2n) is 11.2. The maximum Gasteiger partial charge on any atom is 0.224 e. The lowest BCUT2D eigenvalue weighted by Crippen LogP contribution is -2.72. The number of rotatable bonds is 20. The molecule has 2 saturated heterocycles. The summed E-state index contributed by atoms with van der Waals surface area (Å²) in [6.07, 6.45) is 6.60. The van der Waals surface area contributed by atoms with Crippen LogP contribution in [0.2, 0.25) is 0 Å². The van der Waals surface area contributed by atoms with Crippen LogP contribution in [0, 0.1) is 0 Å². The number of Topliss-reactive ketones (excluding diaryl/α,β-unsaturated/α-hetero) is 1. The third kappa shape index (κ3) is 9.35. The zero-order valence-electron chi connectivity index (χ0n) is 24.7. The molecule has 0 spiro atoms. The van der Waals surface area contributed by atoms with Crippen LogP contribution in [0.5, 0.6) is 0 Å². The van der Waals surface area contributed by atoms with Gasteiger partial charge in [-0.15, -0.1) is 0 Å². The number of aliphatic hydroxyl groups excluding tert-OH is 7. The smallest absolute Gasteiger partial charge is 0.224 e. The zero-order valence-corrected chi connectivity index (χ0v) is 24.7. The normalized spacial score (nSPS) is 35.5. The summed E-state index contributed by atoms with van der Waals surface area (Å²) >= 11 is 0. The third-order valence-corrected chi connectivity index (χ3v) is 8.02. The Labute approximate surface area is 248 Å². The van der Waals surface area contributed by atoms with Crippen molar-refractivity contribution in [1.29, 1.82) is 0 Å². The highest BCUT2D eigenvalue weighted by Gasteiger charge is 2.63. The van der Waals surface area contributed by atoms with Crippen molar-refractivity contribution in [3.63, 3.8) is 0 Å². The van der Waals surface area contributed by atoms with Gasteiger partial charge in [-0.2, -0.15) is 0 Å². The molecule has 0 aromatic carbocycles. The fourth-order valence-corrected chi connectivity index (χ4v) is 5.32. The van der Waals surface area contributed by atoms with Crippen LogP contribution < -0.4 is 0 Å². The standard InChI is InChI=1S/C30H52O12/c1-2-3-4-5-6-7-8-9-10-11-12-13-14-15-16-17-23(34)30(39)25(36)22(19-32)40-28(27(30)38)42-29(20-33)26(37)24(35)21(18-31)41-29/h6-7,9-10,21-22,24-28,31-33,35-39H,2-5,8,11-20H2,1H3/b7-6+,10-9+/t21-,22-,24-,25-,26+,27+,28-,29?,30+/m1/s1. The molecular formula is C30H52O12. The van der Waals surface area contributed by atoms with E-state index in [1.807, 2.05) is 0 Å². The van der Waals surface area contributed by atoms with E-state index in [-0.39, 0.29) is 6.42 Å². The molecule has 42 heavy (non-hydrogen) atoms. The van der Waals surface area contributed by atoms with Gasteiger partial charge in [0.15, 0.2) is 17.7 Å². The molecule has 0 radical (unpaired) electrons. The molecule has 0 aromatic heterocycles. The molecule has 2 heterocycles. The van der Waals surface area contributed by atoms with E-state index in [9.17, 15) is 45.6 Å². The lowest BCUT2D eigenvalue weighted by Gasteiger charge is -2.48. The SMILES string of the molecule is CCCCC/C=C/C/C=C/CCCCCCCC(=O)[C@]1(O)[C@H](O)[C@@H](CO)O[C@H](OC2(CO)O[C@H](CO)[C@@H](O)[C@@H]2O)[C@@H]1O. The minimum atomic E-state index is -2.79. The molecule has 2 fully saturated rings. The molecule has 0 aromatic rings. The summed E-state index contributed by atoms with van der Waals surface area (Å²) in [4.78, 5) is 13.1. The summed E-state index contributed by atoms with van der Waals surface area (Å²) < 4.78 is 16.1. The Bertz CT molecular complexity index is 837. The van der Waals surface area contributed by atoms with E-state index < -0.39 is 79.9 Å². The largest absolute Gasteiger partial charge is 0.394 e. The van der Waals surface area contributed by atoms with Gasteiger partial charge in [0.1, 0.15) is 43.2 Å². The van der Waals surface area contributed by atoms with E-state index in [4.69, 9.17) is 14.2 Å². The van der Waals surface area contributed by atoms with Gasteiger partial charge in [0.25, 0.3) is 0 Å². The van der Waals surface area contributed by atoms with Crippen molar-refractivity contribution in [2.45, 2.75) is 138 Å². The first-order valence-corrected chi connectivity index (χ1v) is 15.2. The van der Waals surface area contributed by atoms with Crippen LogP contribution in [0.15, 0.2) is 24.3 Å². The number of aliphatic hydroxyl groups is 8. The number of ketones is 1. The number of hydrogen-bond donors (Lipinski definition) is 8. The van der Waals surface area contributed by atoms with Crippen molar-refractivity contribution in [2.24, 2.45) is 0 Å². The lowest BCUT2D eigenvalue weighted by molar-refractivity contribution is -0.392. The molecule has 244 valence electrons. The molecule has 0 amide bonds. The second kappa shape index (κ2) is 18.5. The minimum Gasteiger partial charge on any atom is -0.394 e. The predicted molar refractivity (Wildman–Crippen MR) is 152 cm³/mol. The Kier molecular flexibility index (Phi) is 16.3. The Balaban J connectivity index is 1.84. The van der Waals surface area contributed by atoms with Crippen molar-refractivity contribution in [3.05, 3.63) is 24.3 Å². The Hall–Kier alpha value is -1.29. The number of ether oxygens (including phenoxy) is 3. The van der Waals surface area contributed by atoms with Crippen LogP contribution in [-0.2, 0) is 19.0 Å². The number of hydrogen-bond acceptors (Lipinski definition) is 12. The molecule has 0 bridgehead atoms. The summed E-state index contributed by atoms with van der Waals surface area (Å²) in [7, 11) is 0. The predicted octanol–water partition coefficient (Wildman–Crippen LogP) is 0.357. The van der Waals surface area contributed by atoms with Gasteiger partial charge in [-0.25, -0.2) is 0 Å². The average molecular weight is 605 g/mol.